The lowest BCUT2D eigenvalue weighted by Crippen LogP contribution is -2.63. The molecule has 0 aromatic heterocycles. The van der Waals surface area contributed by atoms with E-state index >= 15 is 0 Å². The highest BCUT2D eigenvalue weighted by atomic mass is 35.5. The maximum atomic E-state index is 13.5. The number of ketones is 3. The van der Waals surface area contributed by atoms with E-state index in [4.69, 9.17) is 16.3 Å². The van der Waals surface area contributed by atoms with Gasteiger partial charge in [0.1, 0.15) is 16.8 Å². The number of Topliss-reactive ketones (excluding diaryl/α,β-unsaturated/α-hetero) is 2. The summed E-state index contributed by atoms with van der Waals surface area (Å²) in [7, 11) is 0. The van der Waals surface area contributed by atoms with Crippen molar-refractivity contribution in [2.45, 2.75) is 57.6 Å². The average molecular weight is 389 g/mol. The van der Waals surface area contributed by atoms with Gasteiger partial charge in [-0.05, 0) is 61.7 Å². The predicted octanol–water partition coefficient (Wildman–Crippen LogP) is 3.27. The van der Waals surface area contributed by atoms with Crippen LogP contribution < -0.4 is 0 Å². The van der Waals surface area contributed by atoms with Crippen LogP contribution in [0, 0.1) is 34.5 Å². The van der Waals surface area contributed by atoms with Crippen molar-refractivity contribution in [3.8, 4) is 0 Å². The number of ether oxygens (including phenoxy) is 1. The van der Waals surface area contributed by atoms with Crippen molar-refractivity contribution in [2.75, 3.05) is 0 Å². The van der Waals surface area contributed by atoms with Crippen LogP contribution in [0.3, 0.4) is 0 Å². The fourth-order valence-corrected chi connectivity index (χ4v) is 8.03. The fraction of sp³-hybridized carbons (Fsp3) is 0.682. The van der Waals surface area contributed by atoms with Crippen molar-refractivity contribution >= 4 is 29.0 Å². The monoisotopic (exact) mass is 388 g/mol. The van der Waals surface area contributed by atoms with E-state index in [-0.39, 0.29) is 52.5 Å². The Hall–Kier alpha value is -1.26. The first kappa shape index (κ1) is 17.8. The smallest absolute Gasteiger partial charge is 0.178 e. The summed E-state index contributed by atoms with van der Waals surface area (Å²) in [6, 6.07) is 0. The number of hydrogen-bond donors (Lipinski definition) is 0. The Morgan fingerprint density at radius 2 is 2.00 bits per heavy atom. The average Bonchev–Trinajstić information content (AvgIpc) is 3.22. The number of epoxide rings is 1. The molecule has 1 aliphatic heterocycles. The van der Waals surface area contributed by atoms with Gasteiger partial charge in [-0.25, -0.2) is 0 Å². The summed E-state index contributed by atoms with van der Waals surface area (Å²) >= 11 is 6.64. The van der Waals surface area contributed by atoms with Crippen molar-refractivity contribution in [2.24, 2.45) is 34.5 Å². The van der Waals surface area contributed by atoms with Crippen LogP contribution in [0.1, 0.15) is 40.5 Å². The summed E-state index contributed by atoms with van der Waals surface area (Å²) in [6.07, 6.45) is 6.57. The molecule has 0 radical (unpaired) electrons. The first-order chi connectivity index (χ1) is 12.6. The highest BCUT2D eigenvalue weighted by molar-refractivity contribution is 6.35. The largest absolute Gasteiger partial charge is 0.364 e. The fourth-order valence-electron chi connectivity index (χ4n) is 7.60. The van der Waals surface area contributed by atoms with Crippen molar-refractivity contribution < 1.29 is 19.1 Å². The lowest BCUT2D eigenvalue weighted by Gasteiger charge is -2.54. The lowest BCUT2D eigenvalue weighted by atomic mass is 9.47. The Morgan fingerprint density at radius 3 is 2.67 bits per heavy atom. The molecular formula is C22H25ClO4. The molecule has 5 rings (SSSR count). The zero-order valence-corrected chi connectivity index (χ0v) is 16.9. The van der Waals surface area contributed by atoms with Crippen LogP contribution >= 0.6 is 11.6 Å². The number of fused-ring (bicyclic) bond motifs is 3. The molecule has 0 amide bonds. The zero-order valence-electron chi connectivity index (χ0n) is 16.1. The topological polar surface area (TPSA) is 63.7 Å². The molecule has 144 valence electrons. The van der Waals surface area contributed by atoms with Gasteiger partial charge in [0, 0.05) is 11.3 Å². The molecule has 5 heteroatoms. The molecule has 4 nitrogen and oxygen atoms in total. The minimum absolute atomic E-state index is 0.0293. The summed E-state index contributed by atoms with van der Waals surface area (Å²) in [4.78, 5) is 37.9. The molecule has 0 N–H and O–H groups in total. The van der Waals surface area contributed by atoms with Crippen molar-refractivity contribution in [3.05, 3.63) is 23.8 Å². The normalized spacial score (nSPS) is 55.2. The second-order valence-electron chi connectivity index (χ2n) is 9.80. The molecule has 1 saturated heterocycles. The van der Waals surface area contributed by atoms with E-state index in [2.05, 4.69) is 20.8 Å². The van der Waals surface area contributed by atoms with Gasteiger partial charge in [-0.3, -0.25) is 14.4 Å². The molecule has 0 unspecified atom stereocenters. The number of allylic oxidation sites excluding steroid dienone is 2. The molecule has 0 aromatic rings. The molecule has 0 aromatic carbocycles. The third kappa shape index (κ3) is 1.82. The Kier molecular flexibility index (Phi) is 3.31. The summed E-state index contributed by atoms with van der Waals surface area (Å²) in [5.41, 5.74) is -0.722. The maximum Gasteiger partial charge on any atom is 0.178 e. The van der Waals surface area contributed by atoms with Crippen molar-refractivity contribution in [1.82, 2.24) is 0 Å². The first-order valence-corrected chi connectivity index (χ1v) is 10.3. The van der Waals surface area contributed by atoms with E-state index in [1.807, 2.05) is 6.08 Å². The number of carbonyl (C=O) groups excluding carboxylic acids is 3. The lowest BCUT2D eigenvalue weighted by molar-refractivity contribution is -0.138. The van der Waals surface area contributed by atoms with Gasteiger partial charge in [0.15, 0.2) is 11.6 Å². The van der Waals surface area contributed by atoms with E-state index in [1.54, 1.807) is 13.0 Å². The number of hydrogen-bond acceptors (Lipinski definition) is 4. The van der Waals surface area contributed by atoms with Crippen LogP contribution in [0.25, 0.3) is 0 Å². The molecular weight excluding hydrogens is 364 g/mol. The minimum Gasteiger partial charge on any atom is -0.364 e. The number of carbonyl (C=O) groups is 3. The molecule has 1 heterocycles. The van der Waals surface area contributed by atoms with Gasteiger partial charge in [0.25, 0.3) is 0 Å². The maximum absolute atomic E-state index is 13.5. The number of halogens is 1. The van der Waals surface area contributed by atoms with Crippen LogP contribution in [0.4, 0.5) is 0 Å². The highest BCUT2D eigenvalue weighted by Crippen LogP contribution is 2.75. The van der Waals surface area contributed by atoms with Gasteiger partial charge in [-0.2, -0.15) is 0 Å². The quantitative estimate of drug-likeness (QED) is 0.511. The van der Waals surface area contributed by atoms with E-state index in [1.165, 1.54) is 6.08 Å². The van der Waals surface area contributed by atoms with E-state index in [9.17, 15) is 14.4 Å². The molecule has 9 atom stereocenters. The minimum atomic E-state index is -0.807. The molecule has 3 saturated carbocycles. The van der Waals surface area contributed by atoms with Crippen LogP contribution in [0.2, 0.25) is 0 Å². The summed E-state index contributed by atoms with van der Waals surface area (Å²) in [5, 5.41) is -0.807. The second-order valence-corrected chi connectivity index (χ2v) is 10.2. The van der Waals surface area contributed by atoms with E-state index in [0.29, 0.717) is 5.57 Å². The standard InChI is InChI=1S/C22H25ClO4/c1-10-7-13-17-19(26)18(23)14-8-12(25)5-6-21(14,4)22(17)15(27-22)9-20(13,3)16(10)11(2)24/h5-6,8,10,13,15-18H,7,9H2,1-4H3/t10-,13+,15+,16-,17-,18-,20+,21+,22+/m1/s1. The molecule has 27 heavy (non-hydrogen) atoms. The Morgan fingerprint density at radius 1 is 1.30 bits per heavy atom. The van der Waals surface area contributed by atoms with Crippen LogP contribution in [-0.4, -0.2) is 34.4 Å². The Bertz CT molecular complexity index is 858. The Labute approximate surface area is 164 Å². The molecule has 5 aliphatic rings. The summed E-state index contributed by atoms with van der Waals surface area (Å²) in [5.74, 6) is 0.0227. The predicted molar refractivity (Wildman–Crippen MR) is 100 cm³/mol. The van der Waals surface area contributed by atoms with Crippen molar-refractivity contribution in [1.29, 1.82) is 0 Å². The van der Waals surface area contributed by atoms with Gasteiger partial charge >= 0.3 is 0 Å². The van der Waals surface area contributed by atoms with Crippen LogP contribution in [-0.2, 0) is 19.1 Å². The zero-order chi connectivity index (χ0) is 19.5. The Balaban J connectivity index is 1.67. The van der Waals surface area contributed by atoms with Crippen molar-refractivity contribution in [3.63, 3.8) is 0 Å². The molecule has 4 aliphatic carbocycles. The van der Waals surface area contributed by atoms with E-state index < -0.39 is 16.4 Å². The van der Waals surface area contributed by atoms with Crippen LogP contribution in [0.5, 0.6) is 0 Å². The van der Waals surface area contributed by atoms with Gasteiger partial charge in [0.2, 0.25) is 0 Å². The third-order valence-electron chi connectivity index (χ3n) is 8.56. The van der Waals surface area contributed by atoms with Gasteiger partial charge in [-0.1, -0.05) is 19.9 Å². The third-order valence-corrected chi connectivity index (χ3v) is 9.01. The summed E-state index contributed by atoms with van der Waals surface area (Å²) in [6.45, 7) is 8.03. The van der Waals surface area contributed by atoms with Gasteiger partial charge in [0.05, 0.1) is 12.0 Å². The number of rotatable bonds is 1. The van der Waals surface area contributed by atoms with E-state index in [0.717, 1.165) is 12.8 Å². The van der Waals surface area contributed by atoms with Crippen LogP contribution in [0.15, 0.2) is 23.8 Å². The molecule has 4 fully saturated rings. The van der Waals surface area contributed by atoms with Gasteiger partial charge < -0.3 is 4.74 Å². The second kappa shape index (κ2) is 5.01. The molecule has 1 spiro atoms. The first-order valence-electron chi connectivity index (χ1n) is 9.89. The van der Waals surface area contributed by atoms with Gasteiger partial charge in [-0.15, -0.1) is 11.6 Å². The summed E-state index contributed by atoms with van der Waals surface area (Å²) < 4.78 is 6.37. The highest BCUT2D eigenvalue weighted by Gasteiger charge is 2.82. The SMILES string of the molecule is CC(=O)[C@H]1[C@H](C)C[C@H]2[C@@H]3C(=O)[C@H](Cl)C4=CC(=O)C=C[C@]4(C)[C@@]34O[C@H]4C[C@@]21C. The molecule has 0 bridgehead atoms. The number of alkyl halides is 1.